The molecule has 5 heteroatoms. The molecule has 28 heavy (non-hydrogen) atoms. The van der Waals surface area contributed by atoms with E-state index in [2.05, 4.69) is 9.88 Å². The summed E-state index contributed by atoms with van der Waals surface area (Å²) in [6.45, 7) is 2.73. The fraction of sp³-hybridized carbons (Fsp3) is 0.0870. The van der Waals surface area contributed by atoms with Crippen molar-refractivity contribution < 1.29 is 9.18 Å². The van der Waals surface area contributed by atoms with Crippen LogP contribution in [0.25, 0.3) is 22.2 Å². The van der Waals surface area contributed by atoms with Crippen molar-refractivity contribution in [3.05, 3.63) is 89.2 Å². The van der Waals surface area contributed by atoms with Crippen LogP contribution in [0, 0.1) is 5.82 Å². The van der Waals surface area contributed by atoms with E-state index < -0.39 is 0 Å². The van der Waals surface area contributed by atoms with Crippen LogP contribution in [0.2, 0.25) is 5.02 Å². The Kier molecular flexibility index (Phi) is 4.88. The molecule has 0 saturated carbocycles. The molecular weight excluding hydrogens is 375 g/mol. The van der Waals surface area contributed by atoms with Gasteiger partial charge in [-0.3, -0.25) is 4.79 Å². The highest BCUT2D eigenvalue weighted by Gasteiger charge is 2.14. The van der Waals surface area contributed by atoms with E-state index >= 15 is 0 Å². The lowest BCUT2D eigenvalue weighted by atomic mass is 10.1. The average Bonchev–Trinajstić information content (AvgIpc) is 3.06. The Bertz CT molecular complexity index is 1180. The zero-order valence-electron chi connectivity index (χ0n) is 15.2. The summed E-state index contributed by atoms with van der Waals surface area (Å²) in [5, 5.41) is 4.21. The van der Waals surface area contributed by atoms with Gasteiger partial charge < -0.3 is 9.88 Å². The Morgan fingerprint density at radius 3 is 2.54 bits per heavy atom. The van der Waals surface area contributed by atoms with Gasteiger partial charge in [-0.1, -0.05) is 35.9 Å². The van der Waals surface area contributed by atoms with Gasteiger partial charge in [0.05, 0.1) is 16.3 Å². The molecule has 4 rings (SSSR count). The van der Waals surface area contributed by atoms with Crippen LogP contribution < -0.4 is 5.32 Å². The van der Waals surface area contributed by atoms with Gasteiger partial charge in [0, 0.05) is 28.7 Å². The van der Waals surface area contributed by atoms with E-state index in [1.807, 2.05) is 37.3 Å². The van der Waals surface area contributed by atoms with Crippen LogP contribution in [0.1, 0.15) is 17.3 Å². The SMILES string of the molecule is CCn1c(-c2ccccc2F)cc2cc(NC(=O)c3ccccc3Cl)ccc21. The number of nitrogens with one attached hydrogen (secondary N) is 1. The van der Waals surface area contributed by atoms with E-state index in [9.17, 15) is 9.18 Å². The van der Waals surface area contributed by atoms with E-state index in [0.717, 1.165) is 16.6 Å². The molecule has 0 aliphatic carbocycles. The summed E-state index contributed by atoms with van der Waals surface area (Å²) in [6.07, 6.45) is 0. The van der Waals surface area contributed by atoms with E-state index in [-0.39, 0.29) is 11.7 Å². The first-order valence-corrected chi connectivity index (χ1v) is 9.40. The molecule has 0 aliphatic heterocycles. The molecule has 0 fully saturated rings. The molecule has 0 bridgehead atoms. The zero-order chi connectivity index (χ0) is 19.7. The van der Waals surface area contributed by atoms with Gasteiger partial charge in [0.1, 0.15) is 5.82 Å². The van der Waals surface area contributed by atoms with Gasteiger partial charge >= 0.3 is 0 Å². The molecule has 1 N–H and O–H groups in total. The third kappa shape index (κ3) is 3.27. The first-order chi connectivity index (χ1) is 13.6. The number of anilines is 1. The molecule has 1 aromatic heterocycles. The topological polar surface area (TPSA) is 34.0 Å². The van der Waals surface area contributed by atoms with Crippen molar-refractivity contribution in [3.63, 3.8) is 0 Å². The molecule has 0 atom stereocenters. The van der Waals surface area contributed by atoms with Gasteiger partial charge in [0.2, 0.25) is 0 Å². The number of carbonyl (C=O) groups is 1. The van der Waals surface area contributed by atoms with Gasteiger partial charge in [-0.25, -0.2) is 4.39 Å². The second kappa shape index (κ2) is 7.49. The van der Waals surface area contributed by atoms with Crippen molar-refractivity contribution in [1.29, 1.82) is 0 Å². The Balaban J connectivity index is 1.73. The molecule has 1 amide bonds. The van der Waals surface area contributed by atoms with E-state index in [4.69, 9.17) is 11.6 Å². The number of aryl methyl sites for hydroxylation is 1. The summed E-state index contributed by atoms with van der Waals surface area (Å²) in [5.74, 6) is -0.526. The van der Waals surface area contributed by atoms with Crippen molar-refractivity contribution in [2.45, 2.75) is 13.5 Å². The second-order valence-electron chi connectivity index (χ2n) is 6.46. The summed E-state index contributed by atoms with van der Waals surface area (Å²) in [6, 6.07) is 21.3. The average molecular weight is 393 g/mol. The van der Waals surface area contributed by atoms with Crippen LogP contribution >= 0.6 is 11.6 Å². The van der Waals surface area contributed by atoms with Gasteiger partial charge in [-0.05, 0) is 55.5 Å². The van der Waals surface area contributed by atoms with Gasteiger partial charge in [0.15, 0.2) is 0 Å². The number of rotatable bonds is 4. The maximum atomic E-state index is 14.3. The normalized spacial score (nSPS) is 11.0. The Morgan fingerprint density at radius 1 is 1.04 bits per heavy atom. The van der Waals surface area contributed by atoms with E-state index in [1.165, 1.54) is 6.07 Å². The number of benzene rings is 3. The highest BCUT2D eigenvalue weighted by molar-refractivity contribution is 6.34. The highest BCUT2D eigenvalue weighted by atomic mass is 35.5. The maximum Gasteiger partial charge on any atom is 0.257 e. The van der Waals surface area contributed by atoms with Crippen LogP contribution in [0.4, 0.5) is 10.1 Å². The minimum atomic E-state index is -0.269. The summed E-state index contributed by atoms with van der Waals surface area (Å²) >= 11 is 6.11. The lowest BCUT2D eigenvalue weighted by Crippen LogP contribution is -2.12. The molecule has 0 saturated heterocycles. The molecule has 4 aromatic rings. The van der Waals surface area contributed by atoms with Gasteiger partial charge in [0.25, 0.3) is 5.91 Å². The molecule has 140 valence electrons. The number of hydrogen-bond acceptors (Lipinski definition) is 1. The fourth-order valence-electron chi connectivity index (χ4n) is 3.43. The summed E-state index contributed by atoms with van der Waals surface area (Å²) in [5.41, 5.74) is 3.43. The fourth-order valence-corrected chi connectivity index (χ4v) is 3.65. The number of amides is 1. The van der Waals surface area contributed by atoms with Crippen molar-refractivity contribution in [2.24, 2.45) is 0 Å². The van der Waals surface area contributed by atoms with Crippen molar-refractivity contribution in [1.82, 2.24) is 4.57 Å². The van der Waals surface area contributed by atoms with E-state index in [0.29, 0.717) is 28.4 Å². The number of nitrogens with zero attached hydrogens (tertiary/aromatic N) is 1. The monoisotopic (exact) mass is 392 g/mol. The number of fused-ring (bicyclic) bond motifs is 1. The first kappa shape index (κ1) is 18.3. The standard InChI is InChI=1S/C23H18ClFN2O/c1-2-27-21-12-11-16(26-23(28)17-7-3-5-9-19(17)24)13-15(21)14-22(27)18-8-4-6-10-20(18)25/h3-14H,2H2,1H3,(H,26,28). The van der Waals surface area contributed by atoms with Crippen molar-refractivity contribution in [3.8, 4) is 11.3 Å². The van der Waals surface area contributed by atoms with Crippen molar-refractivity contribution in [2.75, 3.05) is 5.32 Å². The molecule has 1 heterocycles. The van der Waals surface area contributed by atoms with Crippen LogP contribution in [0.15, 0.2) is 72.8 Å². The quantitative estimate of drug-likeness (QED) is 0.430. The Hall–Kier alpha value is -3.11. The van der Waals surface area contributed by atoms with Crippen LogP contribution in [0.5, 0.6) is 0 Å². The lowest BCUT2D eigenvalue weighted by Gasteiger charge is -2.10. The van der Waals surface area contributed by atoms with Crippen molar-refractivity contribution >= 4 is 34.1 Å². The number of hydrogen-bond donors (Lipinski definition) is 1. The smallest absolute Gasteiger partial charge is 0.257 e. The predicted molar refractivity (Wildman–Crippen MR) is 112 cm³/mol. The van der Waals surface area contributed by atoms with Crippen LogP contribution in [-0.4, -0.2) is 10.5 Å². The summed E-state index contributed by atoms with van der Waals surface area (Å²) < 4.78 is 16.4. The molecule has 3 aromatic carbocycles. The maximum absolute atomic E-state index is 14.3. The van der Waals surface area contributed by atoms with Crippen LogP contribution in [0.3, 0.4) is 0 Å². The summed E-state index contributed by atoms with van der Waals surface area (Å²) in [7, 11) is 0. The highest BCUT2D eigenvalue weighted by Crippen LogP contribution is 2.31. The minimum absolute atomic E-state index is 0.257. The lowest BCUT2D eigenvalue weighted by molar-refractivity contribution is 0.102. The molecule has 0 spiro atoms. The predicted octanol–water partition coefficient (Wildman–Crippen LogP) is 6.37. The second-order valence-corrected chi connectivity index (χ2v) is 6.87. The molecule has 0 radical (unpaired) electrons. The number of carbonyl (C=O) groups excluding carboxylic acids is 1. The number of aromatic nitrogens is 1. The molecule has 3 nitrogen and oxygen atoms in total. The van der Waals surface area contributed by atoms with Gasteiger partial charge in [-0.15, -0.1) is 0 Å². The first-order valence-electron chi connectivity index (χ1n) is 9.02. The molecular formula is C23H18ClFN2O. The Morgan fingerprint density at radius 2 is 1.79 bits per heavy atom. The summed E-state index contributed by atoms with van der Waals surface area (Å²) in [4.78, 5) is 12.5. The molecule has 0 aliphatic rings. The minimum Gasteiger partial charge on any atom is -0.341 e. The third-order valence-corrected chi connectivity index (χ3v) is 5.07. The largest absolute Gasteiger partial charge is 0.341 e. The van der Waals surface area contributed by atoms with Gasteiger partial charge in [-0.2, -0.15) is 0 Å². The van der Waals surface area contributed by atoms with Crippen LogP contribution in [-0.2, 0) is 6.54 Å². The molecule has 0 unspecified atom stereocenters. The Labute approximate surface area is 167 Å². The van der Waals surface area contributed by atoms with E-state index in [1.54, 1.807) is 36.4 Å². The zero-order valence-corrected chi connectivity index (χ0v) is 16.0. The number of halogens is 2. The third-order valence-electron chi connectivity index (χ3n) is 4.74.